The molecule has 0 amide bonds. The summed E-state index contributed by atoms with van der Waals surface area (Å²) < 4.78 is 31.0. The van der Waals surface area contributed by atoms with Gasteiger partial charge in [0.15, 0.2) is 0 Å². The van der Waals surface area contributed by atoms with Crippen LogP contribution >= 0.6 is 0 Å². The molecule has 0 radical (unpaired) electrons. The Kier molecular flexibility index (Phi) is 4.49. The molecule has 0 aliphatic heterocycles. The first-order valence-corrected chi connectivity index (χ1v) is 4.88. The fourth-order valence-corrected chi connectivity index (χ4v) is 1.29. The van der Waals surface area contributed by atoms with E-state index in [0.717, 1.165) is 24.6 Å². The molecule has 1 aromatic carbocycles. The Labute approximate surface area is 88.3 Å². The number of rotatable bonds is 5. The van der Waals surface area contributed by atoms with E-state index in [0.29, 0.717) is 6.61 Å². The van der Waals surface area contributed by atoms with Crippen LogP contribution in [0, 0.1) is 11.6 Å². The monoisotopic (exact) mass is 215 g/mol. The van der Waals surface area contributed by atoms with Crippen LogP contribution in [0.2, 0.25) is 0 Å². The third kappa shape index (κ3) is 3.47. The predicted molar refractivity (Wildman–Crippen MR) is 55.9 cm³/mol. The lowest BCUT2D eigenvalue weighted by atomic mass is 10.2. The summed E-state index contributed by atoms with van der Waals surface area (Å²) in [6, 6.07) is 3.34. The first-order chi connectivity index (χ1) is 7.17. The maximum absolute atomic E-state index is 13.2. The molecule has 0 saturated carbocycles. The third-order valence-corrected chi connectivity index (χ3v) is 2.15. The maximum Gasteiger partial charge on any atom is 0.146 e. The Hall–Kier alpha value is -1.16. The number of nitrogens with one attached hydrogen (secondary N) is 1. The van der Waals surface area contributed by atoms with Crippen molar-refractivity contribution in [2.75, 3.05) is 19.0 Å². The van der Waals surface area contributed by atoms with Crippen LogP contribution in [0.3, 0.4) is 0 Å². The van der Waals surface area contributed by atoms with E-state index in [1.807, 2.05) is 6.92 Å². The molecule has 0 spiro atoms. The summed E-state index contributed by atoms with van der Waals surface area (Å²) in [6.45, 7) is 2.42. The van der Waals surface area contributed by atoms with E-state index in [-0.39, 0.29) is 11.7 Å². The molecule has 0 aliphatic carbocycles. The largest absolute Gasteiger partial charge is 0.383 e. The van der Waals surface area contributed by atoms with Crippen LogP contribution in [0.4, 0.5) is 14.5 Å². The van der Waals surface area contributed by atoms with E-state index in [1.165, 1.54) is 0 Å². The van der Waals surface area contributed by atoms with Gasteiger partial charge in [-0.25, -0.2) is 8.78 Å². The first-order valence-electron chi connectivity index (χ1n) is 4.88. The van der Waals surface area contributed by atoms with Gasteiger partial charge in [-0.2, -0.15) is 0 Å². The van der Waals surface area contributed by atoms with Crippen LogP contribution in [0.1, 0.15) is 13.3 Å². The number of methoxy groups -OCH3 is 1. The summed E-state index contributed by atoms with van der Waals surface area (Å²) >= 11 is 0. The number of benzene rings is 1. The molecule has 1 rings (SSSR count). The quantitative estimate of drug-likeness (QED) is 0.815. The van der Waals surface area contributed by atoms with Crippen molar-refractivity contribution in [1.82, 2.24) is 0 Å². The van der Waals surface area contributed by atoms with Gasteiger partial charge in [-0.15, -0.1) is 0 Å². The highest BCUT2D eigenvalue weighted by atomic mass is 19.1. The second-order valence-electron chi connectivity index (χ2n) is 3.33. The summed E-state index contributed by atoms with van der Waals surface area (Å²) in [5, 5.41) is 2.90. The molecule has 0 saturated heterocycles. The Morgan fingerprint density at radius 1 is 1.40 bits per heavy atom. The van der Waals surface area contributed by atoms with Gasteiger partial charge >= 0.3 is 0 Å². The molecular weight excluding hydrogens is 200 g/mol. The second-order valence-corrected chi connectivity index (χ2v) is 3.33. The smallest absolute Gasteiger partial charge is 0.146 e. The minimum atomic E-state index is -0.453. The number of hydrogen-bond acceptors (Lipinski definition) is 2. The van der Waals surface area contributed by atoms with Crippen molar-refractivity contribution in [3.8, 4) is 0 Å². The molecule has 0 aromatic heterocycles. The molecule has 1 N–H and O–H groups in total. The minimum Gasteiger partial charge on any atom is -0.383 e. The summed E-state index contributed by atoms with van der Waals surface area (Å²) in [5.41, 5.74) is 0.180. The molecule has 1 atom stereocenters. The van der Waals surface area contributed by atoms with Gasteiger partial charge in [-0.3, -0.25) is 0 Å². The molecular formula is C11H15F2NO. The van der Waals surface area contributed by atoms with Crippen molar-refractivity contribution in [3.05, 3.63) is 29.8 Å². The van der Waals surface area contributed by atoms with Gasteiger partial charge in [0.25, 0.3) is 0 Å². The van der Waals surface area contributed by atoms with Crippen LogP contribution < -0.4 is 5.32 Å². The van der Waals surface area contributed by atoms with Crippen molar-refractivity contribution < 1.29 is 13.5 Å². The average molecular weight is 215 g/mol. The predicted octanol–water partition coefficient (Wildman–Crippen LogP) is 2.80. The lowest BCUT2D eigenvalue weighted by Gasteiger charge is -2.17. The zero-order valence-electron chi connectivity index (χ0n) is 8.89. The zero-order chi connectivity index (χ0) is 11.3. The molecule has 2 nitrogen and oxygen atoms in total. The summed E-state index contributed by atoms with van der Waals surface area (Å²) in [4.78, 5) is 0. The summed E-state index contributed by atoms with van der Waals surface area (Å²) in [6.07, 6.45) is 0.782. The van der Waals surface area contributed by atoms with Gasteiger partial charge in [0.05, 0.1) is 12.3 Å². The number of halogens is 2. The standard InChI is InChI=1S/C11H15F2NO/c1-3-9(7-15-2)14-11-6-8(12)4-5-10(11)13/h4-6,9,14H,3,7H2,1-2H3. The van der Waals surface area contributed by atoms with E-state index in [4.69, 9.17) is 4.74 Å². The van der Waals surface area contributed by atoms with Gasteiger partial charge < -0.3 is 10.1 Å². The first kappa shape index (κ1) is 11.9. The highest BCUT2D eigenvalue weighted by molar-refractivity contribution is 5.45. The molecule has 0 aliphatic rings. The van der Waals surface area contributed by atoms with E-state index in [1.54, 1.807) is 7.11 Å². The molecule has 0 fully saturated rings. The van der Waals surface area contributed by atoms with Crippen molar-refractivity contribution in [1.29, 1.82) is 0 Å². The summed E-state index contributed by atoms with van der Waals surface area (Å²) in [7, 11) is 1.58. The fraction of sp³-hybridized carbons (Fsp3) is 0.455. The van der Waals surface area contributed by atoms with E-state index >= 15 is 0 Å². The molecule has 15 heavy (non-hydrogen) atoms. The number of anilines is 1. The van der Waals surface area contributed by atoms with Crippen molar-refractivity contribution >= 4 is 5.69 Å². The van der Waals surface area contributed by atoms with Crippen LogP contribution in [-0.2, 0) is 4.74 Å². The van der Waals surface area contributed by atoms with Gasteiger partial charge in [-0.05, 0) is 24.6 Å². The number of ether oxygens (including phenoxy) is 1. The second kappa shape index (κ2) is 5.66. The summed E-state index contributed by atoms with van der Waals surface area (Å²) in [5.74, 6) is -0.905. The van der Waals surface area contributed by atoms with E-state index in [9.17, 15) is 8.78 Å². The van der Waals surface area contributed by atoms with Crippen molar-refractivity contribution in [3.63, 3.8) is 0 Å². The van der Waals surface area contributed by atoms with Crippen LogP contribution in [0.15, 0.2) is 18.2 Å². The minimum absolute atomic E-state index is 0.00806. The molecule has 4 heteroatoms. The highest BCUT2D eigenvalue weighted by Gasteiger charge is 2.09. The molecule has 0 bridgehead atoms. The Balaban J connectivity index is 2.73. The van der Waals surface area contributed by atoms with Gasteiger partial charge in [0.2, 0.25) is 0 Å². The molecule has 84 valence electrons. The average Bonchev–Trinajstić information content (AvgIpc) is 2.22. The van der Waals surface area contributed by atoms with Crippen molar-refractivity contribution in [2.45, 2.75) is 19.4 Å². The Morgan fingerprint density at radius 3 is 2.73 bits per heavy atom. The topological polar surface area (TPSA) is 21.3 Å². The van der Waals surface area contributed by atoms with E-state index in [2.05, 4.69) is 5.32 Å². The third-order valence-electron chi connectivity index (χ3n) is 2.15. The molecule has 0 heterocycles. The molecule has 1 aromatic rings. The SMILES string of the molecule is CCC(COC)Nc1cc(F)ccc1F. The van der Waals surface area contributed by atoms with Gasteiger partial charge in [-0.1, -0.05) is 6.92 Å². The Morgan fingerprint density at radius 2 is 2.13 bits per heavy atom. The number of hydrogen-bond donors (Lipinski definition) is 1. The van der Waals surface area contributed by atoms with E-state index < -0.39 is 11.6 Å². The van der Waals surface area contributed by atoms with Crippen LogP contribution in [0.5, 0.6) is 0 Å². The van der Waals surface area contributed by atoms with Crippen molar-refractivity contribution in [2.24, 2.45) is 0 Å². The fourth-order valence-electron chi connectivity index (χ4n) is 1.29. The molecule has 1 unspecified atom stereocenters. The lowest BCUT2D eigenvalue weighted by Crippen LogP contribution is -2.24. The van der Waals surface area contributed by atoms with Gasteiger partial charge in [0.1, 0.15) is 11.6 Å². The zero-order valence-corrected chi connectivity index (χ0v) is 8.89. The van der Waals surface area contributed by atoms with Crippen LogP contribution in [0.25, 0.3) is 0 Å². The van der Waals surface area contributed by atoms with Gasteiger partial charge in [0, 0.05) is 13.2 Å². The normalized spacial score (nSPS) is 12.5. The van der Waals surface area contributed by atoms with Crippen LogP contribution in [-0.4, -0.2) is 19.8 Å². The maximum atomic E-state index is 13.2. The highest BCUT2D eigenvalue weighted by Crippen LogP contribution is 2.17. The lowest BCUT2D eigenvalue weighted by molar-refractivity contribution is 0.184. The Bertz CT molecular complexity index is 317.